The summed E-state index contributed by atoms with van der Waals surface area (Å²) in [5.41, 5.74) is 0.276. The maximum atomic E-state index is 14.1. The first kappa shape index (κ1) is 27.6. The number of nitriles is 1. The second-order valence-electron chi connectivity index (χ2n) is 9.72. The number of nitrogens with zero attached hydrogens (tertiary/aromatic N) is 3. The predicted octanol–water partition coefficient (Wildman–Crippen LogP) is 5.47. The fourth-order valence-corrected chi connectivity index (χ4v) is 4.11. The van der Waals surface area contributed by atoms with Crippen LogP contribution in [0.4, 0.5) is 25.1 Å². The molecule has 39 heavy (non-hydrogen) atoms. The quantitative estimate of drug-likeness (QED) is 0.391. The number of amides is 2. The molecule has 204 valence electrons. The lowest BCUT2D eigenvalue weighted by molar-refractivity contribution is 0.0773. The molecule has 2 N–H and O–H groups in total. The SMILES string of the molecule is CC(C)COC(=O)N1CCC(CNC(=O)c2ccc(Nc3oc(-c4c(F)cccc4F)nc3C#N)cc2)CC1. The van der Waals surface area contributed by atoms with Crippen molar-refractivity contribution in [1.29, 1.82) is 5.26 Å². The first-order chi connectivity index (χ1) is 18.7. The molecular weight excluding hydrogens is 508 g/mol. The monoisotopic (exact) mass is 537 g/mol. The fraction of sp³-hybridized carbons (Fsp3) is 0.357. The van der Waals surface area contributed by atoms with Gasteiger partial charge in [-0.25, -0.2) is 13.6 Å². The number of aromatic nitrogens is 1. The van der Waals surface area contributed by atoms with Gasteiger partial charge in [0.2, 0.25) is 17.5 Å². The van der Waals surface area contributed by atoms with Gasteiger partial charge in [-0.05, 0) is 61.1 Å². The number of rotatable bonds is 8. The Labute approximate surface area is 224 Å². The number of piperidine rings is 1. The van der Waals surface area contributed by atoms with E-state index in [1.54, 1.807) is 29.2 Å². The van der Waals surface area contributed by atoms with E-state index in [-0.39, 0.29) is 41.3 Å². The van der Waals surface area contributed by atoms with Crippen LogP contribution in [-0.4, -0.2) is 48.1 Å². The lowest BCUT2D eigenvalue weighted by Crippen LogP contribution is -2.42. The van der Waals surface area contributed by atoms with Crippen LogP contribution in [0.25, 0.3) is 11.5 Å². The highest BCUT2D eigenvalue weighted by Gasteiger charge is 2.25. The molecule has 1 aliphatic rings. The average Bonchev–Trinajstić information content (AvgIpc) is 3.33. The molecule has 2 heterocycles. The van der Waals surface area contributed by atoms with Crippen molar-refractivity contribution in [3.05, 3.63) is 65.4 Å². The van der Waals surface area contributed by atoms with Gasteiger partial charge >= 0.3 is 6.09 Å². The normalized spacial score (nSPS) is 13.7. The molecule has 1 aromatic heterocycles. The highest BCUT2D eigenvalue weighted by atomic mass is 19.1. The number of likely N-dealkylation sites (tertiary alicyclic amines) is 1. The van der Waals surface area contributed by atoms with Gasteiger partial charge in [0.1, 0.15) is 23.3 Å². The van der Waals surface area contributed by atoms with E-state index in [0.29, 0.717) is 37.5 Å². The van der Waals surface area contributed by atoms with Gasteiger partial charge in [0, 0.05) is 30.9 Å². The molecule has 1 fully saturated rings. The van der Waals surface area contributed by atoms with Gasteiger partial charge in [0.05, 0.1) is 6.61 Å². The molecule has 11 heteroatoms. The summed E-state index contributed by atoms with van der Waals surface area (Å²) in [6, 6.07) is 11.6. The van der Waals surface area contributed by atoms with Gasteiger partial charge in [-0.2, -0.15) is 10.2 Å². The summed E-state index contributed by atoms with van der Waals surface area (Å²) >= 11 is 0. The number of nitrogens with one attached hydrogen (secondary N) is 2. The minimum absolute atomic E-state index is 0.0771. The number of carbonyl (C=O) groups excluding carboxylic acids is 2. The standard InChI is InChI=1S/C28H29F2N5O4/c1-17(2)16-38-28(37)35-12-10-18(11-13-35)15-32-25(36)19-6-8-20(9-7-19)33-26-23(14-31)34-27(39-26)24-21(29)4-3-5-22(24)30/h3-9,17-18,33H,10-13,15-16H2,1-2H3,(H,32,36). The summed E-state index contributed by atoms with van der Waals surface area (Å²) in [7, 11) is 0. The molecule has 1 saturated heterocycles. The number of hydrogen-bond acceptors (Lipinski definition) is 7. The Bertz CT molecular complexity index is 1340. The molecule has 2 amide bonds. The first-order valence-corrected chi connectivity index (χ1v) is 12.7. The summed E-state index contributed by atoms with van der Waals surface area (Å²) < 4.78 is 39.0. The lowest BCUT2D eigenvalue weighted by Gasteiger charge is -2.31. The van der Waals surface area contributed by atoms with Crippen molar-refractivity contribution in [1.82, 2.24) is 15.2 Å². The van der Waals surface area contributed by atoms with Crippen molar-refractivity contribution in [3.8, 4) is 17.5 Å². The molecule has 0 atom stereocenters. The van der Waals surface area contributed by atoms with E-state index < -0.39 is 17.2 Å². The van der Waals surface area contributed by atoms with E-state index in [4.69, 9.17) is 9.15 Å². The zero-order valence-corrected chi connectivity index (χ0v) is 21.7. The van der Waals surface area contributed by atoms with E-state index in [1.807, 2.05) is 19.9 Å². The van der Waals surface area contributed by atoms with Crippen LogP contribution in [0.15, 0.2) is 46.9 Å². The van der Waals surface area contributed by atoms with Crippen LogP contribution in [0.1, 0.15) is 42.7 Å². The molecule has 0 saturated carbocycles. The number of carbonyl (C=O) groups is 2. The third kappa shape index (κ3) is 6.90. The molecule has 1 aliphatic heterocycles. The van der Waals surface area contributed by atoms with Crippen LogP contribution < -0.4 is 10.6 Å². The Kier molecular flexibility index (Phi) is 8.76. The summed E-state index contributed by atoms with van der Waals surface area (Å²) in [5.74, 6) is -1.86. The number of hydrogen-bond donors (Lipinski definition) is 2. The number of benzene rings is 2. The van der Waals surface area contributed by atoms with Gasteiger partial charge in [0.15, 0.2) is 0 Å². The van der Waals surface area contributed by atoms with Gasteiger partial charge in [-0.1, -0.05) is 19.9 Å². The number of halogens is 2. The Morgan fingerprint density at radius 1 is 1.15 bits per heavy atom. The largest absolute Gasteiger partial charge is 0.449 e. The van der Waals surface area contributed by atoms with Crippen molar-refractivity contribution in [3.63, 3.8) is 0 Å². The Morgan fingerprint density at radius 3 is 2.44 bits per heavy atom. The van der Waals surface area contributed by atoms with Crippen molar-refractivity contribution < 1.29 is 27.5 Å². The molecule has 0 spiro atoms. The van der Waals surface area contributed by atoms with E-state index in [9.17, 15) is 23.6 Å². The highest BCUT2D eigenvalue weighted by molar-refractivity contribution is 5.94. The molecule has 0 aliphatic carbocycles. The van der Waals surface area contributed by atoms with E-state index in [0.717, 1.165) is 25.0 Å². The van der Waals surface area contributed by atoms with E-state index in [2.05, 4.69) is 15.6 Å². The molecule has 9 nitrogen and oxygen atoms in total. The van der Waals surface area contributed by atoms with Gasteiger partial charge < -0.3 is 24.7 Å². The van der Waals surface area contributed by atoms with Gasteiger partial charge in [-0.3, -0.25) is 4.79 Å². The summed E-state index contributed by atoms with van der Waals surface area (Å²) in [6.07, 6.45) is 1.26. The Hall–Kier alpha value is -4.46. The van der Waals surface area contributed by atoms with Crippen LogP contribution in [0.2, 0.25) is 0 Å². The average molecular weight is 538 g/mol. The second kappa shape index (κ2) is 12.4. The molecule has 0 unspecified atom stereocenters. The van der Waals surface area contributed by atoms with E-state index in [1.165, 1.54) is 6.07 Å². The van der Waals surface area contributed by atoms with Crippen molar-refractivity contribution >= 4 is 23.6 Å². The second-order valence-corrected chi connectivity index (χ2v) is 9.72. The molecule has 0 radical (unpaired) electrons. The predicted molar refractivity (Wildman–Crippen MR) is 139 cm³/mol. The van der Waals surface area contributed by atoms with E-state index >= 15 is 0 Å². The van der Waals surface area contributed by atoms with Crippen LogP contribution >= 0.6 is 0 Å². The number of anilines is 2. The highest BCUT2D eigenvalue weighted by Crippen LogP contribution is 2.31. The minimum Gasteiger partial charge on any atom is -0.449 e. The topological polar surface area (TPSA) is 120 Å². The smallest absolute Gasteiger partial charge is 0.409 e. The maximum absolute atomic E-state index is 14.1. The first-order valence-electron chi connectivity index (χ1n) is 12.7. The van der Waals surface area contributed by atoms with Crippen LogP contribution in [0.5, 0.6) is 0 Å². The summed E-state index contributed by atoms with van der Waals surface area (Å²) in [4.78, 5) is 30.4. The number of ether oxygens (including phenoxy) is 1. The Morgan fingerprint density at radius 2 is 1.82 bits per heavy atom. The summed E-state index contributed by atoms with van der Waals surface area (Å²) in [6.45, 7) is 6.05. The van der Waals surface area contributed by atoms with Crippen molar-refractivity contribution in [2.75, 3.05) is 31.6 Å². The Balaban J connectivity index is 1.30. The maximum Gasteiger partial charge on any atom is 0.409 e. The van der Waals surface area contributed by atoms with Crippen LogP contribution in [0, 0.1) is 34.8 Å². The van der Waals surface area contributed by atoms with Crippen molar-refractivity contribution in [2.24, 2.45) is 11.8 Å². The van der Waals surface area contributed by atoms with Crippen LogP contribution in [-0.2, 0) is 4.74 Å². The van der Waals surface area contributed by atoms with Gasteiger partial charge in [-0.15, -0.1) is 0 Å². The van der Waals surface area contributed by atoms with Gasteiger partial charge in [0.25, 0.3) is 5.91 Å². The zero-order chi connectivity index (χ0) is 27.9. The third-order valence-corrected chi connectivity index (χ3v) is 6.28. The lowest BCUT2D eigenvalue weighted by atomic mass is 9.97. The third-order valence-electron chi connectivity index (χ3n) is 6.28. The molecule has 2 aromatic carbocycles. The fourth-order valence-electron chi connectivity index (χ4n) is 4.11. The molecular formula is C28H29F2N5O4. The minimum atomic E-state index is -0.864. The zero-order valence-electron chi connectivity index (χ0n) is 21.7. The summed E-state index contributed by atoms with van der Waals surface area (Å²) in [5, 5.41) is 15.2. The number of oxazole rings is 1. The molecule has 3 aromatic rings. The van der Waals surface area contributed by atoms with Crippen molar-refractivity contribution in [2.45, 2.75) is 26.7 Å². The molecule has 0 bridgehead atoms. The van der Waals surface area contributed by atoms with Crippen LogP contribution in [0.3, 0.4) is 0 Å². The molecule has 4 rings (SSSR count).